The molecule has 4 aliphatic rings. The summed E-state index contributed by atoms with van der Waals surface area (Å²) < 4.78 is 55.6. The summed E-state index contributed by atoms with van der Waals surface area (Å²) in [4.78, 5) is 53.2. The number of phenols is 1. The van der Waals surface area contributed by atoms with E-state index in [1.165, 1.54) is 36.4 Å². The zero-order valence-corrected chi connectivity index (χ0v) is 39.4. The Labute approximate surface area is 412 Å². The molecule has 2 saturated heterocycles. The predicted octanol–water partition coefficient (Wildman–Crippen LogP) is -0.639. The Morgan fingerprint density at radius 2 is 1.03 bits per heavy atom. The lowest BCUT2D eigenvalue weighted by Crippen LogP contribution is -2.60. The maximum absolute atomic E-state index is 13.7. The van der Waals surface area contributed by atoms with E-state index in [1.807, 2.05) is 0 Å². The van der Waals surface area contributed by atoms with Gasteiger partial charge in [0.1, 0.15) is 60.3 Å². The van der Waals surface area contributed by atoms with Crippen molar-refractivity contribution in [3.05, 3.63) is 107 Å². The summed E-state index contributed by atoms with van der Waals surface area (Å²) in [5.41, 5.74) is 1.74. The van der Waals surface area contributed by atoms with Crippen molar-refractivity contribution in [2.45, 2.75) is 114 Å². The summed E-state index contributed by atoms with van der Waals surface area (Å²) in [5.74, 6) is -5.05. The molecule has 2 fully saturated rings. The number of carbonyl (C=O) groups excluding carboxylic acids is 4. The van der Waals surface area contributed by atoms with Crippen LogP contribution in [0.1, 0.15) is 37.8 Å². The molecule has 394 valence electrons. The highest BCUT2D eigenvalue weighted by atomic mass is 16.8. The summed E-state index contributed by atoms with van der Waals surface area (Å²) in [5, 5.41) is 91.0. The van der Waals surface area contributed by atoms with Gasteiger partial charge in [0.25, 0.3) is 0 Å². The molecular weight excluding hydrogens is 957 g/mol. The van der Waals surface area contributed by atoms with Crippen molar-refractivity contribution in [3.63, 3.8) is 0 Å². The first-order valence-corrected chi connectivity index (χ1v) is 23.0. The van der Waals surface area contributed by atoms with Gasteiger partial charge in [-0.3, -0.25) is 9.59 Å². The van der Waals surface area contributed by atoms with Crippen molar-refractivity contribution in [1.82, 2.24) is 0 Å². The van der Waals surface area contributed by atoms with Crippen molar-refractivity contribution in [3.8, 4) is 11.5 Å². The molecule has 23 nitrogen and oxygen atoms in total. The Balaban J connectivity index is 1.07. The van der Waals surface area contributed by atoms with Gasteiger partial charge in [-0.1, -0.05) is 36.4 Å². The van der Waals surface area contributed by atoms with Crippen LogP contribution < -0.4 is 4.74 Å². The third-order valence-corrected chi connectivity index (χ3v) is 12.4. The number of benzene rings is 2. The standard InChI is InChI=1S/C49H60O23/c1-4-28-30(18-36(53)64-16-14-24-6-10-26(52)11-7-24)33(23-67-46(28)71-48-42(59)40(57)38(55)34(20-50)69-48)45(62)65-17-15-25-8-12-27(13-9-25)68-37(54)19-31-29(5-2)47(66-22-32(31)44(61)63-3)72-49-43(60)41(58)39(56)35(21-51)70-49/h4-13,22-23,30-31,34-35,38-43,46-52,55-60H,14-21H2,1-3H3/b28-4+,29-5+/t30-,31-,34+,35+,38+,39+,40+,41+,42+,43+,46-,47-,48-,49-/m0/s1. The van der Waals surface area contributed by atoms with Crippen LogP contribution in [0.3, 0.4) is 0 Å². The number of ether oxygens (including phenoxy) is 10. The normalized spacial score (nSPS) is 31.6. The van der Waals surface area contributed by atoms with Gasteiger partial charge in [-0.25, -0.2) is 9.59 Å². The van der Waals surface area contributed by atoms with E-state index >= 15 is 0 Å². The number of carbonyl (C=O) groups is 4. The van der Waals surface area contributed by atoms with Crippen molar-refractivity contribution < 1.29 is 113 Å². The smallest absolute Gasteiger partial charge is 0.337 e. The molecule has 0 spiro atoms. The van der Waals surface area contributed by atoms with Crippen LogP contribution in [0, 0.1) is 11.8 Å². The van der Waals surface area contributed by atoms with Crippen LogP contribution in [0.4, 0.5) is 0 Å². The lowest BCUT2D eigenvalue weighted by Gasteiger charge is -2.42. The van der Waals surface area contributed by atoms with Crippen LogP contribution in [-0.2, 0) is 74.7 Å². The second-order valence-electron chi connectivity index (χ2n) is 17.0. The number of methoxy groups -OCH3 is 1. The molecule has 2 aromatic carbocycles. The number of aromatic hydroxyl groups is 1. The van der Waals surface area contributed by atoms with E-state index in [1.54, 1.807) is 38.1 Å². The Morgan fingerprint density at radius 1 is 0.583 bits per heavy atom. The topological polar surface area (TPSA) is 343 Å². The molecule has 0 aliphatic carbocycles. The molecular formula is C49H60O23. The van der Waals surface area contributed by atoms with Crippen LogP contribution in [0.15, 0.2) is 95.5 Å². The highest BCUT2D eigenvalue weighted by Gasteiger charge is 2.49. The van der Waals surface area contributed by atoms with E-state index < -0.39 is 136 Å². The van der Waals surface area contributed by atoms with Gasteiger partial charge in [0.05, 0.1) is 70.0 Å². The SMILES string of the molecule is C/C=C1/[C@H](O[C@@H]2O[C@H](CO)[C@@H](O)[C@@H](O)[C@H]2O)OC=C(C(=O)OC)[C@H]1CC(=O)Oc1ccc(CCOC(=O)C2=CO[C@@H](O[C@@H]3O[C@H](CO)[C@@H](O)[C@@H](O)[C@H]3O)/C(=C/C)[C@@H]2CC(=O)OCCc2ccc(O)cc2)cc1. The monoisotopic (exact) mass is 1020 g/mol. The summed E-state index contributed by atoms with van der Waals surface area (Å²) in [6.07, 6.45) is -14.1. The van der Waals surface area contributed by atoms with E-state index in [4.69, 9.17) is 47.4 Å². The molecule has 0 aromatic heterocycles. The van der Waals surface area contributed by atoms with Gasteiger partial charge >= 0.3 is 23.9 Å². The lowest BCUT2D eigenvalue weighted by atomic mass is 9.86. The Kier molecular flexibility index (Phi) is 19.8. The van der Waals surface area contributed by atoms with Crippen molar-refractivity contribution >= 4 is 23.9 Å². The number of hydrogen-bond donors (Lipinski definition) is 9. The minimum absolute atomic E-state index is 0.0297. The van der Waals surface area contributed by atoms with Crippen LogP contribution in [0.5, 0.6) is 11.5 Å². The van der Waals surface area contributed by atoms with Gasteiger partial charge < -0.3 is 93.3 Å². The van der Waals surface area contributed by atoms with Crippen LogP contribution in [-0.4, -0.2) is 177 Å². The van der Waals surface area contributed by atoms with Gasteiger partial charge in [-0.05, 0) is 49.2 Å². The summed E-state index contributed by atoms with van der Waals surface area (Å²) in [6, 6.07) is 12.6. The van der Waals surface area contributed by atoms with E-state index in [0.29, 0.717) is 12.0 Å². The zero-order valence-electron chi connectivity index (χ0n) is 39.4. The molecule has 6 rings (SSSR count). The molecule has 0 radical (unpaired) electrons. The van der Waals surface area contributed by atoms with E-state index in [0.717, 1.165) is 25.2 Å². The first-order valence-electron chi connectivity index (χ1n) is 23.0. The fraction of sp³-hybridized carbons (Fsp3) is 0.510. The second-order valence-corrected chi connectivity index (χ2v) is 17.0. The molecule has 23 heteroatoms. The number of hydrogen-bond acceptors (Lipinski definition) is 23. The first-order chi connectivity index (χ1) is 34.5. The third kappa shape index (κ3) is 13.4. The average Bonchev–Trinajstić information content (AvgIpc) is 3.37. The Hall–Kier alpha value is -5.80. The third-order valence-electron chi connectivity index (χ3n) is 12.4. The Morgan fingerprint density at radius 3 is 1.49 bits per heavy atom. The average molecular weight is 1020 g/mol. The van der Waals surface area contributed by atoms with Gasteiger partial charge in [0.15, 0.2) is 12.6 Å². The number of allylic oxidation sites excluding steroid dienone is 2. The Bertz CT molecular complexity index is 2290. The first kappa shape index (κ1) is 55.5. The quantitative estimate of drug-likeness (QED) is 0.0366. The molecule has 0 unspecified atom stereocenters. The predicted molar refractivity (Wildman–Crippen MR) is 241 cm³/mol. The lowest BCUT2D eigenvalue weighted by molar-refractivity contribution is -0.327. The fourth-order valence-corrected chi connectivity index (χ4v) is 8.31. The highest BCUT2D eigenvalue weighted by molar-refractivity contribution is 5.91. The number of phenolic OH excluding ortho intramolecular Hbond substituents is 1. The molecule has 9 N–H and O–H groups in total. The fourth-order valence-electron chi connectivity index (χ4n) is 8.31. The van der Waals surface area contributed by atoms with E-state index in [-0.39, 0.29) is 53.4 Å². The molecule has 2 aromatic rings. The number of aliphatic hydroxyl groups excluding tert-OH is 8. The molecule has 72 heavy (non-hydrogen) atoms. The van der Waals surface area contributed by atoms with Crippen molar-refractivity contribution in [2.75, 3.05) is 33.5 Å². The highest BCUT2D eigenvalue weighted by Crippen LogP contribution is 2.38. The largest absolute Gasteiger partial charge is 0.508 e. The number of rotatable bonds is 19. The molecule has 0 bridgehead atoms. The molecule has 4 aliphatic heterocycles. The minimum Gasteiger partial charge on any atom is -0.508 e. The second kappa shape index (κ2) is 25.7. The molecule has 14 atom stereocenters. The van der Waals surface area contributed by atoms with Gasteiger partial charge in [0, 0.05) is 35.8 Å². The maximum Gasteiger partial charge on any atom is 0.337 e. The summed E-state index contributed by atoms with van der Waals surface area (Å²) in [7, 11) is 1.14. The van der Waals surface area contributed by atoms with Gasteiger partial charge in [0.2, 0.25) is 12.6 Å². The maximum atomic E-state index is 13.7. The molecule has 0 amide bonds. The van der Waals surface area contributed by atoms with Gasteiger partial charge in [-0.15, -0.1) is 0 Å². The van der Waals surface area contributed by atoms with Crippen LogP contribution in [0.2, 0.25) is 0 Å². The van der Waals surface area contributed by atoms with Crippen molar-refractivity contribution in [2.24, 2.45) is 11.8 Å². The van der Waals surface area contributed by atoms with E-state index in [2.05, 4.69) is 0 Å². The number of aliphatic hydroxyl groups is 8. The van der Waals surface area contributed by atoms with Crippen molar-refractivity contribution in [1.29, 1.82) is 0 Å². The van der Waals surface area contributed by atoms with Crippen LogP contribution >= 0.6 is 0 Å². The number of esters is 4. The minimum atomic E-state index is -1.78. The summed E-state index contributed by atoms with van der Waals surface area (Å²) in [6.45, 7) is 1.55. The van der Waals surface area contributed by atoms with Gasteiger partial charge in [-0.2, -0.15) is 0 Å². The summed E-state index contributed by atoms with van der Waals surface area (Å²) >= 11 is 0. The molecule has 0 saturated carbocycles. The van der Waals surface area contributed by atoms with E-state index in [9.17, 15) is 65.1 Å². The van der Waals surface area contributed by atoms with Crippen LogP contribution in [0.25, 0.3) is 0 Å². The zero-order chi connectivity index (χ0) is 52.2. The molecule has 4 heterocycles.